The lowest BCUT2D eigenvalue weighted by molar-refractivity contribution is -0.389. The molecule has 1 aromatic carbocycles. The van der Waals surface area contributed by atoms with Crippen molar-refractivity contribution in [2.24, 2.45) is 0 Å². The monoisotopic (exact) mass is 461 g/mol. The molecule has 0 bridgehead atoms. The first-order valence-corrected chi connectivity index (χ1v) is 10.4. The van der Waals surface area contributed by atoms with E-state index in [9.17, 15) is 18.9 Å². The van der Waals surface area contributed by atoms with Crippen molar-refractivity contribution in [1.82, 2.24) is 19.4 Å². The van der Waals surface area contributed by atoms with Gasteiger partial charge in [0.05, 0.1) is 17.3 Å². The Morgan fingerprint density at radius 2 is 2.09 bits per heavy atom. The molecule has 5 rings (SSSR count). The first kappa shape index (κ1) is 20.8. The van der Waals surface area contributed by atoms with Crippen LogP contribution in [0.5, 0.6) is 6.01 Å². The summed E-state index contributed by atoms with van der Waals surface area (Å²) in [5.41, 5.74) is 2.11. The number of benzene rings is 1. The summed E-state index contributed by atoms with van der Waals surface area (Å²) in [4.78, 5) is 21.1. The molecule has 32 heavy (non-hydrogen) atoms. The van der Waals surface area contributed by atoms with E-state index in [1.165, 1.54) is 12.3 Å². The molecule has 1 atom stereocenters. The molecular formula is C21H18ClF2N5O3. The van der Waals surface area contributed by atoms with Gasteiger partial charge in [-0.2, -0.15) is 0 Å². The average molecular weight is 462 g/mol. The van der Waals surface area contributed by atoms with Crippen molar-refractivity contribution in [3.05, 3.63) is 68.5 Å². The summed E-state index contributed by atoms with van der Waals surface area (Å²) in [6.07, 6.45) is 2.05. The van der Waals surface area contributed by atoms with Crippen molar-refractivity contribution in [1.29, 1.82) is 0 Å². The average Bonchev–Trinajstić information content (AvgIpc) is 3.24. The van der Waals surface area contributed by atoms with Gasteiger partial charge in [0, 0.05) is 42.3 Å². The molecule has 2 aliphatic heterocycles. The number of hydrogen-bond donors (Lipinski definition) is 0. The zero-order valence-corrected chi connectivity index (χ0v) is 17.8. The minimum Gasteiger partial charge on any atom is -0.436 e. The van der Waals surface area contributed by atoms with Gasteiger partial charge in [-0.1, -0.05) is 11.6 Å². The van der Waals surface area contributed by atoms with Crippen LogP contribution < -0.4 is 4.74 Å². The van der Waals surface area contributed by atoms with E-state index in [4.69, 9.17) is 16.3 Å². The molecular weight excluding hydrogens is 444 g/mol. The molecule has 0 fully saturated rings. The van der Waals surface area contributed by atoms with E-state index in [0.717, 1.165) is 29.9 Å². The number of hydrogen-bond acceptors (Lipinski definition) is 6. The van der Waals surface area contributed by atoms with Crippen LogP contribution in [0.1, 0.15) is 18.2 Å². The van der Waals surface area contributed by atoms with E-state index in [2.05, 4.69) is 14.9 Å². The lowest BCUT2D eigenvalue weighted by Crippen LogP contribution is -2.46. The molecule has 0 spiro atoms. The molecule has 3 aromatic rings. The van der Waals surface area contributed by atoms with Crippen molar-refractivity contribution in [2.75, 3.05) is 13.1 Å². The van der Waals surface area contributed by atoms with Gasteiger partial charge in [-0.15, -0.1) is 0 Å². The third kappa shape index (κ3) is 3.69. The fraction of sp³-hybridized carbons (Fsp3) is 0.333. The number of halogens is 3. The number of rotatable bonds is 4. The molecule has 0 saturated carbocycles. The summed E-state index contributed by atoms with van der Waals surface area (Å²) >= 11 is 6.43. The standard InChI is InChI=1S/C21H18ClF2N5O3/c1-21(11-28-9-18(29(30)31)26-20(28)32-21)10-27-5-4-17-13(8-27)6-14(22)19(25-17)12-2-3-15(23)16(24)7-12/h2-3,6-7,9H,4-5,8,10-11H2,1H3/t21-/m0/s1. The van der Waals surface area contributed by atoms with Crippen LogP contribution in [0, 0.1) is 21.7 Å². The zero-order valence-electron chi connectivity index (χ0n) is 17.0. The van der Waals surface area contributed by atoms with E-state index in [1.54, 1.807) is 4.57 Å². The van der Waals surface area contributed by atoms with E-state index in [0.29, 0.717) is 42.3 Å². The molecule has 0 amide bonds. The third-order valence-corrected chi connectivity index (χ3v) is 6.00. The quantitative estimate of drug-likeness (QED) is 0.431. The Kier molecular flexibility index (Phi) is 4.86. The largest absolute Gasteiger partial charge is 0.436 e. The van der Waals surface area contributed by atoms with Gasteiger partial charge in [0.2, 0.25) is 0 Å². The van der Waals surface area contributed by atoms with Crippen LogP contribution in [-0.4, -0.2) is 43.0 Å². The molecule has 0 aliphatic carbocycles. The van der Waals surface area contributed by atoms with Crippen molar-refractivity contribution < 1.29 is 18.4 Å². The minimum atomic E-state index is -0.945. The van der Waals surface area contributed by atoms with Gasteiger partial charge in [-0.25, -0.2) is 8.78 Å². The second kappa shape index (κ2) is 7.49. The highest BCUT2D eigenvalue weighted by Gasteiger charge is 2.42. The highest BCUT2D eigenvalue weighted by molar-refractivity contribution is 6.33. The molecule has 0 saturated heterocycles. The van der Waals surface area contributed by atoms with Gasteiger partial charge in [0.25, 0.3) is 0 Å². The predicted octanol–water partition coefficient (Wildman–Crippen LogP) is 3.99. The lowest BCUT2D eigenvalue weighted by atomic mass is 10.00. The highest BCUT2D eigenvalue weighted by Crippen LogP contribution is 2.34. The summed E-state index contributed by atoms with van der Waals surface area (Å²) in [5.74, 6) is -2.09. The van der Waals surface area contributed by atoms with Crippen LogP contribution in [-0.2, 0) is 19.5 Å². The van der Waals surface area contributed by atoms with Gasteiger partial charge in [0.1, 0.15) is 11.8 Å². The molecule has 2 aliphatic rings. The maximum absolute atomic E-state index is 13.6. The van der Waals surface area contributed by atoms with E-state index >= 15 is 0 Å². The van der Waals surface area contributed by atoms with Gasteiger partial charge < -0.3 is 14.9 Å². The topological polar surface area (TPSA) is 86.3 Å². The number of fused-ring (bicyclic) bond motifs is 2. The Balaban J connectivity index is 1.32. The lowest BCUT2D eigenvalue weighted by Gasteiger charge is -2.34. The van der Waals surface area contributed by atoms with Crippen LogP contribution in [0.15, 0.2) is 30.5 Å². The van der Waals surface area contributed by atoms with Crippen molar-refractivity contribution >= 4 is 17.4 Å². The Morgan fingerprint density at radius 3 is 2.81 bits per heavy atom. The molecule has 0 unspecified atom stereocenters. The first-order chi connectivity index (χ1) is 15.2. The van der Waals surface area contributed by atoms with Crippen LogP contribution in [0.25, 0.3) is 11.3 Å². The van der Waals surface area contributed by atoms with E-state index in [1.807, 2.05) is 13.0 Å². The number of nitrogens with zero attached hydrogens (tertiary/aromatic N) is 5. The number of ether oxygens (including phenoxy) is 1. The van der Waals surface area contributed by atoms with Gasteiger partial charge in [-0.05, 0) is 41.7 Å². The molecule has 8 nitrogen and oxygen atoms in total. The molecule has 166 valence electrons. The maximum Gasteiger partial charge on any atom is 0.415 e. The number of nitro groups is 1. The zero-order chi connectivity index (χ0) is 22.6. The summed E-state index contributed by atoms with van der Waals surface area (Å²) in [6, 6.07) is 5.68. The Morgan fingerprint density at radius 1 is 1.28 bits per heavy atom. The van der Waals surface area contributed by atoms with Crippen LogP contribution in [0.3, 0.4) is 0 Å². The van der Waals surface area contributed by atoms with Crippen molar-refractivity contribution in [2.45, 2.75) is 32.0 Å². The summed E-state index contributed by atoms with van der Waals surface area (Å²) in [7, 11) is 0. The van der Waals surface area contributed by atoms with Gasteiger partial charge in [-0.3, -0.25) is 14.5 Å². The summed E-state index contributed by atoms with van der Waals surface area (Å²) in [6.45, 7) is 4.31. The van der Waals surface area contributed by atoms with Gasteiger partial charge >= 0.3 is 11.8 Å². The summed E-state index contributed by atoms with van der Waals surface area (Å²) < 4.78 is 34.5. The smallest absolute Gasteiger partial charge is 0.415 e. The van der Waals surface area contributed by atoms with Crippen molar-refractivity contribution in [3.63, 3.8) is 0 Å². The molecule has 11 heteroatoms. The Bertz CT molecular complexity index is 1220. The number of pyridine rings is 1. The first-order valence-electron chi connectivity index (χ1n) is 9.97. The second-order valence-electron chi connectivity index (χ2n) is 8.33. The van der Waals surface area contributed by atoms with E-state index in [-0.39, 0.29) is 11.8 Å². The second-order valence-corrected chi connectivity index (χ2v) is 8.74. The van der Waals surface area contributed by atoms with Crippen molar-refractivity contribution in [3.8, 4) is 17.3 Å². The summed E-state index contributed by atoms with van der Waals surface area (Å²) in [5, 5.41) is 11.3. The normalized spacial score (nSPS) is 20.0. The third-order valence-electron chi connectivity index (χ3n) is 5.71. The van der Waals surface area contributed by atoms with E-state index < -0.39 is 22.2 Å². The maximum atomic E-state index is 13.6. The molecule has 2 aromatic heterocycles. The van der Waals surface area contributed by atoms with Crippen LogP contribution >= 0.6 is 11.6 Å². The Hall–Kier alpha value is -3.11. The molecule has 0 N–H and O–H groups in total. The highest BCUT2D eigenvalue weighted by atomic mass is 35.5. The fourth-order valence-electron chi connectivity index (χ4n) is 4.32. The van der Waals surface area contributed by atoms with Crippen LogP contribution in [0.2, 0.25) is 5.02 Å². The number of imidazole rings is 1. The van der Waals surface area contributed by atoms with Gasteiger partial charge in [0.15, 0.2) is 11.6 Å². The molecule has 4 heterocycles. The minimum absolute atomic E-state index is 0.230. The van der Waals surface area contributed by atoms with Crippen LogP contribution in [0.4, 0.5) is 14.6 Å². The fourth-order valence-corrected chi connectivity index (χ4v) is 4.60. The molecule has 0 radical (unpaired) electrons. The Labute approximate surface area is 186 Å². The SMILES string of the molecule is C[C@]1(CN2CCc3nc(-c4ccc(F)c(F)c4)c(Cl)cc3C2)Cn2cc([N+](=O)[O-])nc2O1. The predicted molar refractivity (Wildman–Crippen MR) is 111 cm³/mol. The number of aromatic nitrogens is 3.